The largest absolute Gasteiger partial charge is 0.524 e. The van der Waals surface area contributed by atoms with Gasteiger partial charge in [-0.15, -0.1) is 23.5 Å². The number of ether oxygens (including phenoxy) is 1. The molecule has 0 saturated carbocycles. The molecule has 0 aliphatic rings. The molecule has 0 bridgehead atoms. The van der Waals surface area contributed by atoms with Crippen LogP contribution in [-0.2, 0) is 13.7 Å². The summed E-state index contributed by atoms with van der Waals surface area (Å²) in [7, 11) is -7.85. The van der Waals surface area contributed by atoms with Crippen molar-refractivity contribution in [3.8, 4) is 5.75 Å². The van der Waals surface area contributed by atoms with Crippen molar-refractivity contribution in [2.75, 3.05) is 19.6 Å². The SMILES string of the molecule is COc1ccc(S(OS(=O)(=O)C(F)(F)F)(c2cccc(SC)c2)c2cccc(SC)c2)cc1. The van der Waals surface area contributed by atoms with E-state index in [2.05, 4.69) is 0 Å². The van der Waals surface area contributed by atoms with E-state index in [1.165, 1.54) is 42.8 Å². The summed E-state index contributed by atoms with van der Waals surface area (Å²) in [5.41, 5.74) is -5.59. The molecule has 3 aromatic carbocycles. The standard InChI is InChI=1S/C22H21F3O4S4/c1-28-16-10-12-19(13-11-16)32(29-33(26,27)22(23,24)25,20-8-4-6-17(14-20)30-2)21-9-5-7-18(15-21)31-3/h4-15H,1-3H3. The summed E-state index contributed by atoms with van der Waals surface area (Å²) in [4.78, 5) is 2.45. The molecule has 0 aromatic heterocycles. The Morgan fingerprint density at radius 2 is 1.24 bits per heavy atom. The molecule has 0 fully saturated rings. The van der Waals surface area contributed by atoms with Crippen molar-refractivity contribution in [3.05, 3.63) is 72.8 Å². The maximum atomic E-state index is 13.6. The molecule has 0 amide bonds. The third-order valence-corrected chi connectivity index (χ3v) is 10.9. The van der Waals surface area contributed by atoms with Crippen LogP contribution in [0.4, 0.5) is 13.2 Å². The monoisotopic (exact) mass is 534 g/mol. The molecule has 0 heterocycles. The highest BCUT2D eigenvalue weighted by Crippen LogP contribution is 2.71. The molecule has 4 nitrogen and oxygen atoms in total. The highest BCUT2D eigenvalue weighted by molar-refractivity contribution is 8.33. The lowest BCUT2D eigenvalue weighted by molar-refractivity contribution is -0.0496. The number of methoxy groups -OCH3 is 1. The average Bonchev–Trinajstić information content (AvgIpc) is 2.82. The molecular weight excluding hydrogens is 514 g/mol. The van der Waals surface area contributed by atoms with E-state index in [-0.39, 0.29) is 4.90 Å². The lowest BCUT2D eigenvalue weighted by Crippen LogP contribution is -2.27. The fraction of sp³-hybridized carbons (Fsp3) is 0.182. The van der Waals surface area contributed by atoms with Gasteiger partial charge in [0.05, 0.1) is 7.11 Å². The second-order valence-electron chi connectivity index (χ2n) is 6.56. The first-order valence-corrected chi connectivity index (χ1v) is 14.8. The van der Waals surface area contributed by atoms with Crippen molar-refractivity contribution in [1.29, 1.82) is 0 Å². The van der Waals surface area contributed by atoms with E-state index in [1.807, 2.05) is 12.5 Å². The minimum Gasteiger partial charge on any atom is -0.497 e. The minimum absolute atomic E-state index is 0.285. The molecule has 178 valence electrons. The molecule has 3 rings (SSSR count). The Bertz CT molecular complexity index is 1170. The summed E-state index contributed by atoms with van der Waals surface area (Å²) in [5, 5.41) is 0. The summed E-state index contributed by atoms with van der Waals surface area (Å²) in [6.07, 6.45) is 3.65. The van der Waals surface area contributed by atoms with Crippen LogP contribution >= 0.6 is 33.8 Å². The predicted molar refractivity (Wildman–Crippen MR) is 128 cm³/mol. The fourth-order valence-electron chi connectivity index (χ4n) is 3.03. The second-order valence-corrected chi connectivity index (χ2v) is 12.8. The summed E-state index contributed by atoms with van der Waals surface area (Å²) in [5.74, 6) is 0.474. The number of hydrogen-bond acceptors (Lipinski definition) is 6. The zero-order valence-corrected chi connectivity index (χ0v) is 21.1. The lowest BCUT2D eigenvalue weighted by atomic mass is 10.3. The Labute approximate surface area is 201 Å². The molecule has 3 aromatic rings. The van der Waals surface area contributed by atoms with E-state index in [9.17, 15) is 21.6 Å². The van der Waals surface area contributed by atoms with Crippen LogP contribution < -0.4 is 4.74 Å². The van der Waals surface area contributed by atoms with Crippen molar-refractivity contribution in [2.24, 2.45) is 0 Å². The van der Waals surface area contributed by atoms with Crippen LogP contribution in [0.1, 0.15) is 0 Å². The van der Waals surface area contributed by atoms with Gasteiger partial charge in [0.25, 0.3) is 0 Å². The highest BCUT2D eigenvalue weighted by Gasteiger charge is 2.52. The summed E-state index contributed by atoms with van der Waals surface area (Å²) in [6.45, 7) is 0. The van der Waals surface area contributed by atoms with Gasteiger partial charge >= 0.3 is 15.6 Å². The number of halogens is 3. The van der Waals surface area contributed by atoms with Crippen molar-refractivity contribution in [1.82, 2.24) is 0 Å². The molecule has 0 unspecified atom stereocenters. The molecular formula is C22H21F3O4S4. The molecule has 33 heavy (non-hydrogen) atoms. The number of rotatable bonds is 8. The first-order chi connectivity index (χ1) is 15.6. The zero-order valence-electron chi connectivity index (χ0n) is 17.8. The quantitative estimate of drug-likeness (QED) is 0.225. The lowest BCUT2D eigenvalue weighted by Gasteiger charge is -2.39. The van der Waals surface area contributed by atoms with Crippen LogP contribution in [0.5, 0.6) is 5.75 Å². The molecule has 0 aliphatic carbocycles. The minimum atomic E-state index is -5.96. The normalized spacial score (nSPS) is 13.0. The number of thioether (sulfide) groups is 2. The van der Waals surface area contributed by atoms with Gasteiger partial charge in [-0.05, 0) is 83.5 Å². The van der Waals surface area contributed by atoms with Gasteiger partial charge in [0.2, 0.25) is 0 Å². The Balaban J connectivity index is 2.44. The zero-order chi connectivity index (χ0) is 24.3. The van der Waals surface area contributed by atoms with Gasteiger partial charge in [-0.1, -0.05) is 12.1 Å². The highest BCUT2D eigenvalue weighted by atomic mass is 32.3. The van der Waals surface area contributed by atoms with Crippen molar-refractivity contribution in [3.63, 3.8) is 0 Å². The van der Waals surface area contributed by atoms with Gasteiger partial charge < -0.3 is 4.74 Å². The Hall–Kier alpha value is -1.79. The Morgan fingerprint density at radius 1 is 0.758 bits per heavy atom. The number of benzene rings is 3. The first-order valence-electron chi connectivity index (χ1n) is 9.35. The summed E-state index contributed by atoms with van der Waals surface area (Å²) >= 11 is 2.78. The van der Waals surface area contributed by atoms with E-state index in [0.29, 0.717) is 15.5 Å². The van der Waals surface area contributed by atoms with Gasteiger partial charge in [0, 0.05) is 24.5 Å². The van der Waals surface area contributed by atoms with Crippen molar-refractivity contribution < 1.29 is 30.0 Å². The summed E-state index contributed by atoms with van der Waals surface area (Å²) in [6, 6.07) is 19.7. The molecule has 0 N–H and O–H groups in total. The number of alkyl halides is 3. The van der Waals surface area contributed by atoms with Crippen molar-refractivity contribution >= 4 is 44.0 Å². The first kappa shape index (κ1) is 25.8. The average molecular weight is 535 g/mol. The molecule has 0 aliphatic heterocycles. The van der Waals surface area contributed by atoms with Crippen molar-refractivity contribution in [2.45, 2.75) is 30.0 Å². The maximum Gasteiger partial charge on any atom is 0.524 e. The van der Waals surface area contributed by atoms with Gasteiger partial charge in [0.15, 0.2) is 0 Å². The van der Waals surface area contributed by atoms with E-state index >= 15 is 0 Å². The van der Waals surface area contributed by atoms with Crippen LogP contribution in [-0.4, -0.2) is 33.5 Å². The van der Waals surface area contributed by atoms with Crippen LogP contribution in [0.3, 0.4) is 0 Å². The van der Waals surface area contributed by atoms with Crippen LogP contribution in [0.2, 0.25) is 0 Å². The van der Waals surface area contributed by atoms with E-state index < -0.39 is 25.9 Å². The second kappa shape index (κ2) is 10.2. The Kier molecular flexibility index (Phi) is 8.00. The number of hydrogen-bond donors (Lipinski definition) is 0. The van der Waals surface area contributed by atoms with Gasteiger partial charge in [-0.3, -0.25) is 0 Å². The molecule has 0 spiro atoms. The van der Waals surface area contributed by atoms with Crippen LogP contribution in [0.15, 0.2) is 97.3 Å². The molecule has 11 heteroatoms. The fourth-order valence-corrected chi connectivity index (χ4v) is 8.88. The van der Waals surface area contributed by atoms with Crippen LogP contribution in [0, 0.1) is 0 Å². The molecule has 0 radical (unpaired) electrons. The topological polar surface area (TPSA) is 52.6 Å². The predicted octanol–water partition coefficient (Wildman–Crippen LogP) is 7.20. The summed E-state index contributed by atoms with van der Waals surface area (Å²) < 4.78 is 76.2. The van der Waals surface area contributed by atoms with Gasteiger partial charge in [-0.2, -0.15) is 25.2 Å². The van der Waals surface area contributed by atoms with Gasteiger partial charge in [-0.25, -0.2) is 0 Å². The van der Waals surface area contributed by atoms with Gasteiger partial charge in [0.1, 0.15) is 5.75 Å². The van der Waals surface area contributed by atoms with Crippen LogP contribution in [0.25, 0.3) is 0 Å². The third-order valence-electron chi connectivity index (χ3n) is 4.61. The van der Waals surface area contributed by atoms with E-state index in [4.69, 9.17) is 8.37 Å². The van der Waals surface area contributed by atoms with E-state index in [1.54, 1.807) is 60.7 Å². The molecule has 0 saturated heterocycles. The molecule has 0 atom stereocenters. The van der Waals surface area contributed by atoms with E-state index in [0.717, 1.165) is 9.79 Å². The maximum absolute atomic E-state index is 13.6. The third kappa shape index (κ3) is 5.32. The Morgan fingerprint density at radius 3 is 1.64 bits per heavy atom. The smallest absolute Gasteiger partial charge is 0.497 e.